The number of hydrogen-bond acceptors (Lipinski definition) is 5. The van der Waals surface area contributed by atoms with E-state index >= 15 is 0 Å². The minimum absolute atomic E-state index is 0.0694. The van der Waals surface area contributed by atoms with Crippen LogP contribution < -0.4 is 0 Å². The Balaban J connectivity index is 1.53. The van der Waals surface area contributed by atoms with Crippen molar-refractivity contribution in [3.05, 3.63) is 47.2 Å². The molecule has 2 saturated heterocycles. The van der Waals surface area contributed by atoms with Gasteiger partial charge in [0.05, 0.1) is 26.4 Å². The maximum absolute atomic E-state index is 5.73. The van der Waals surface area contributed by atoms with Crippen molar-refractivity contribution in [1.82, 2.24) is 0 Å². The normalized spacial score (nSPS) is 20.7. The van der Waals surface area contributed by atoms with Gasteiger partial charge in [0.1, 0.15) is 0 Å². The van der Waals surface area contributed by atoms with Gasteiger partial charge in [0, 0.05) is 16.7 Å². The highest BCUT2D eigenvalue weighted by Gasteiger charge is 2.27. The van der Waals surface area contributed by atoms with Crippen LogP contribution in [0.4, 0.5) is 0 Å². The van der Waals surface area contributed by atoms with E-state index in [1.54, 1.807) is 0 Å². The number of allylic oxidation sites excluding steroid dienone is 2. The maximum atomic E-state index is 5.73. The third-order valence-electron chi connectivity index (χ3n) is 5.37. The van der Waals surface area contributed by atoms with Crippen molar-refractivity contribution >= 4 is 11.3 Å². The molecule has 0 radical (unpaired) electrons. The van der Waals surface area contributed by atoms with Gasteiger partial charge < -0.3 is 18.9 Å². The first kappa shape index (κ1) is 20.7. The van der Waals surface area contributed by atoms with Crippen LogP contribution in [0.25, 0.3) is 0 Å². The lowest BCUT2D eigenvalue weighted by atomic mass is 9.94. The van der Waals surface area contributed by atoms with Gasteiger partial charge in [0.15, 0.2) is 12.6 Å². The molecule has 2 atom stereocenters. The zero-order valence-corrected chi connectivity index (χ0v) is 17.0. The van der Waals surface area contributed by atoms with Gasteiger partial charge in [-0.25, -0.2) is 0 Å². The lowest BCUT2D eigenvalue weighted by Gasteiger charge is -2.22. The van der Waals surface area contributed by atoms with Crippen molar-refractivity contribution in [1.29, 1.82) is 0 Å². The Kier molecular flexibility index (Phi) is 8.55. The van der Waals surface area contributed by atoms with Crippen LogP contribution in [0.15, 0.2) is 36.8 Å². The Hall–Kier alpha value is -0.980. The molecule has 2 fully saturated rings. The first-order valence-corrected chi connectivity index (χ1v) is 10.9. The summed E-state index contributed by atoms with van der Waals surface area (Å²) in [5.74, 6) is 0.764. The highest BCUT2D eigenvalue weighted by atomic mass is 32.1. The van der Waals surface area contributed by atoms with Gasteiger partial charge >= 0.3 is 0 Å². The summed E-state index contributed by atoms with van der Waals surface area (Å²) in [7, 11) is 0. The van der Waals surface area contributed by atoms with Gasteiger partial charge in [-0.15, -0.1) is 24.5 Å². The van der Waals surface area contributed by atoms with Gasteiger partial charge in [-0.2, -0.15) is 0 Å². The molecule has 27 heavy (non-hydrogen) atoms. The maximum Gasteiger partial charge on any atom is 0.160 e. The molecule has 2 aliphatic heterocycles. The second kappa shape index (κ2) is 11.1. The summed E-state index contributed by atoms with van der Waals surface area (Å²) < 4.78 is 22.9. The molecule has 0 N–H and O–H groups in total. The van der Waals surface area contributed by atoms with Gasteiger partial charge in [0.2, 0.25) is 0 Å². The fraction of sp³-hybridized carbons (Fsp3) is 0.636. The lowest BCUT2D eigenvalue weighted by molar-refractivity contribution is -0.0848. The van der Waals surface area contributed by atoms with Crippen molar-refractivity contribution in [2.75, 3.05) is 26.4 Å². The highest BCUT2D eigenvalue weighted by Crippen LogP contribution is 2.29. The third kappa shape index (κ3) is 6.00. The van der Waals surface area contributed by atoms with Crippen molar-refractivity contribution in [3.8, 4) is 0 Å². The summed E-state index contributed by atoms with van der Waals surface area (Å²) in [5.41, 5.74) is 1.46. The Morgan fingerprint density at radius 3 is 1.93 bits per heavy atom. The molecule has 150 valence electrons. The molecule has 2 aliphatic rings. The number of thiophene rings is 1. The average molecular weight is 393 g/mol. The monoisotopic (exact) mass is 392 g/mol. The topological polar surface area (TPSA) is 36.9 Å². The summed E-state index contributed by atoms with van der Waals surface area (Å²) in [5, 5.41) is 2.21. The van der Waals surface area contributed by atoms with E-state index in [4.69, 9.17) is 18.9 Å². The molecule has 2 unspecified atom stereocenters. The van der Waals surface area contributed by atoms with Gasteiger partial charge in [-0.1, -0.05) is 12.2 Å². The summed E-state index contributed by atoms with van der Waals surface area (Å²) >= 11 is 1.86. The fourth-order valence-corrected chi connectivity index (χ4v) is 4.88. The zero-order valence-electron chi connectivity index (χ0n) is 16.1. The molecule has 0 saturated carbocycles. The molecule has 3 heterocycles. The van der Waals surface area contributed by atoms with Crippen LogP contribution >= 0.6 is 11.3 Å². The fourth-order valence-electron chi connectivity index (χ4n) is 3.92. The minimum Gasteiger partial charge on any atom is -0.350 e. The molecule has 3 rings (SSSR count). The van der Waals surface area contributed by atoms with Crippen LogP contribution in [0.1, 0.15) is 36.1 Å². The van der Waals surface area contributed by atoms with Crippen molar-refractivity contribution in [2.24, 2.45) is 11.8 Å². The van der Waals surface area contributed by atoms with Crippen LogP contribution in [0.5, 0.6) is 0 Å². The number of aryl methyl sites for hydroxylation is 2. The number of hydrogen-bond donors (Lipinski definition) is 0. The van der Waals surface area contributed by atoms with Crippen LogP contribution in [0, 0.1) is 11.8 Å². The molecule has 0 aromatic carbocycles. The quantitative estimate of drug-likeness (QED) is 0.481. The van der Waals surface area contributed by atoms with Crippen molar-refractivity contribution in [2.45, 2.75) is 51.1 Å². The summed E-state index contributed by atoms with van der Waals surface area (Å²) in [6.07, 6.45) is 9.93. The molecule has 0 bridgehead atoms. The molecule has 0 amide bonds. The second-order valence-corrected chi connectivity index (χ2v) is 8.24. The van der Waals surface area contributed by atoms with Crippen LogP contribution in [-0.2, 0) is 31.8 Å². The molecular weight excluding hydrogens is 360 g/mol. The smallest absolute Gasteiger partial charge is 0.160 e. The molecule has 1 aromatic heterocycles. The van der Waals surface area contributed by atoms with Crippen molar-refractivity contribution in [3.63, 3.8) is 0 Å². The van der Waals surface area contributed by atoms with Crippen molar-refractivity contribution < 1.29 is 18.9 Å². The van der Waals surface area contributed by atoms with E-state index < -0.39 is 0 Å². The van der Waals surface area contributed by atoms with Gasteiger partial charge in [0.25, 0.3) is 0 Å². The largest absolute Gasteiger partial charge is 0.350 e. The molecule has 0 aliphatic carbocycles. The second-order valence-electron chi connectivity index (χ2n) is 7.24. The van der Waals surface area contributed by atoms with E-state index in [0.29, 0.717) is 38.3 Å². The summed E-state index contributed by atoms with van der Waals surface area (Å²) in [4.78, 5) is 1.48. The van der Waals surface area contributed by atoms with Crippen LogP contribution in [-0.4, -0.2) is 39.0 Å². The van der Waals surface area contributed by atoms with E-state index in [1.807, 2.05) is 23.5 Å². The molecule has 4 nitrogen and oxygen atoms in total. The van der Waals surface area contributed by atoms with E-state index in [0.717, 1.165) is 38.5 Å². The number of ether oxygens (including phenoxy) is 4. The Morgan fingerprint density at radius 2 is 1.41 bits per heavy atom. The van der Waals surface area contributed by atoms with Gasteiger partial charge in [-0.05, 0) is 55.5 Å². The highest BCUT2D eigenvalue weighted by molar-refractivity contribution is 7.10. The lowest BCUT2D eigenvalue weighted by Crippen LogP contribution is -2.22. The van der Waals surface area contributed by atoms with E-state index in [-0.39, 0.29) is 12.6 Å². The van der Waals surface area contributed by atoms with Crippen LogP contribution in [0.3, 0.4) is 0 Å². The Morgan fingerprint density at radius 1 is 0.889 bits per heavy atom. The predicted molar refractivity (Wildman–Crippen MR) is 109 cm³/mol. The Bertz CT molecular complexity index is 524. The molecule has 5 heteroatoms. The van der Waals surface area contributed by atoms with Crippen LogP contribution in [0.2, 0.25) is 0 Å². The first-order chi connectivity index (χ1) is 13.3. The molecular formula is C22H32O4S. The standard InChI is InChI=1S/C22H32O4S/c1-3-5-18(21-23-12-13-24-21)8-7-17-11-16-27-20(17)10-9-19(6-4-2)22-25-14-15-26-22/h3-4,11,16,18-19,21-22H,1-2,5-10,12-15H2. The van der Waals surface area contributed by atoms with Gasteiger partial charge in [-0.3, -0.25) is 0 Å². The zero-order chi connectivity index (χ0) is 18.9. The Labute approximate surface area is 167 Å². The summed E-state index contributed by atoms with van der Waals surface area (Å²) in [6, 6.07) is 2.27. The predicted octanol–water partition coefficient (Wildman–Crippen LogP) is 4.74. The average Bonchev–Trinajstić information content (AvgIpc) is 3.44. The number of rotatable bonds is 12. The molecule has 0 spiro atoms. The first-order valence-electron chi connectivity index (χ1n) is 10.0. The SMILES string of the molecule is C=CCC(CCc1ccsc1CCC(CC=C)C1OCCO1)C1OCCO1. The third-order valence-corrected chi connectivity index (χ3v) is 6.39. The van der Waals surface area contributed by atoms with E-state index in [9.17, 15) is 0 Å². The van der Waals surface area contributed by atoms with E-state index in [2.05, 4.69) is 24.6 Å². The van der Waals surface area contributed by atoms with E-state index in [1.165, 1.54) is 10.4 Å². The molecule has 1 aromatic rings. The minimum atomic E-state index is -0.0706. The summed E-state index contributed by atoms with van der Waals surface area (Å²) in [6.45, 7) is 10.6.